The van der Waals surface area contributed by atoms with Crippen molar-refractivity contribution in [2.24, 2.45) is 5.73 Å². The van der Waals surface area contributed by atoms with Crippen LogP contribution in [0.1, 0.15) is 47.5 Å². The Bertz CT molecular complexity index is 168. The molecule has 0 amide bonds. The van der Waals surface area contributed by atoms with E-state index in [4.69, 9.17) is 10.8 Å². The van der Waals surface area contributed by atoms with Crippen LogP contribution >= 0.6 is 0 Å². The van der Waals surface area contributed by atoms with E-state index < -0.39 is 11.6 Å². The summed E-state index contributed by atoms with van der Waals surface area (Å²) in [4.78, 5) is 10.1. The fourth-order valence-electron chi connectivity index (χ4n) is 0.539. The van der Waals surface area contributed by atoms with Crippen LogP contribution in [0.2, 0.25) is 0 Å². The van der Waals surface area contributed by atoms with Gasteiger partial charge in [-0.15, -0.1) is 0 Å². The van der Waals surface area contributed by atoms with Gasteiger partial charge in [0.15, 0.2) is 0 Å². The maximum absolute atomic E-state index is 10.1. The van der Waals surface area contributed by atoms with Gasteiger partial charge in [-0.1, -0.05) is 13.8 Å². The first-order valence-corrected chi connectivity index (χ1v) is 4.79. The van der Waals surface area contributed by atoms with E-state index in [1.54, 1.807) is 13.8 Å². The summed E-state index contributed by atoms with van der Waals surface area (Å²) >= 11 is 0. The summed E-state index contributed by atoms with van der Waals surface area (Å²) in [6.45, 7) is 9.12. The Morgan fingerprint density at radius 2 is 1.47 bits per heavy atom. The molecule has 0 fully saturated rings. The van der Waals surface area contributed by atoms with Gasteiger partial charge in [0.2, 0.25) is 0 Å². The number of aliphatic hydroxyl groups is 1. The summed E-state index contributed by atoms with van der Waals surface area (Å²) in [6, 6.07) is 0. The zero-order valence-electron chi connectivity index (χ0n) is 10.1. The molecule has 0 saturated carbocycles. The molecular weight excluding hydrogens is 290 g/mol. The molecule has 96 valence electrons. The Kier molecular flexibility index (Phi) is 11.4. The van der Waals surface area contributed by atoms with Crippen molar-refractivity contribution in [1.29, 1.82) is 0 Å². The molecule has 4 nitrogen and oxygen atoms in total. The second-order valence-electron chi connectivity index (χ2n) is 4.39. The van der Waals surface area contributed by atoms with Gasteiger partial charge in [-0.2, -0.15) is 0 Å². The number of carbonyl (C=O) groups is 1. The molecule has 0 radical (unpaired) electrons. The number of carboxylic acids is 1. The summed E-state index contributed by atoms with van der Waals surface area (Å²) in [5.74, 6) is -1.38. The summed E-state index contributed by atoms with van der Waals surface area (Å²) < 4.78 is 0. The monoisotopic (exact) mass is 311 g/mol. The number of carboxylic acid groups (broad SMARTS) is 1. The molecule has 15 heavy (non-hydrogen) atoms. The van der Waals surface area contributed by atoms with Crippen LogP contribution in [-0.2, 0) is 27.2 Å². The largest absolute Gasteiger partial charge is 1.00 e. The summed E-state index contributed by atoms with van der Waals surface area (Å²) in [5, 5.41) is 19.2. The average Bonchev–Trinajstić information content (AvgIpc) is 1.99. The first kappa shape index (κ1) is 20.5. The SMILES string of the molecule is CC(C)(C)N.CCC(O)(CC)C(=O)[O-].[Ag+]. The van der Waals surface area contributed by atoms with E-state index in [-0.39, 0.29) is 40.8 Å². The van der Waals surface area contributed by atoms with Crippen LogP contribution in [0.4, 0.5) is 0 Å². The zero-order valence-corrected chi connectivity index (χ0v) is 11.5. The van der Waals surface area contributed by atoms with Crippen molar-refractivity contribution in [2.75, 3.05) is 0 Å². The predicted molar refractivity (Wildman–Crippen MR) is 54.5 cm³/mol. The molecule has 0 aromatic heterocycles. The molecule has 0 spiro atoms. The summed E-state index contributed by atoms with van der Waals surface area (Å²) in [7, 11) is 0. The van der Waals surface area contributed by atoms with Gasteiger partial charge >= 0.3 is 22.4 Å². The van der Waals surface area contributed by atoms with E-state index in [9.17, 15) is 9.90 Å². The maximum Gasteiger partial charge on any atom is 1.00 e. The number of carbonyl (C=O) groups excluding carboxylic acids is 1. The molecule has 0 aliphatic heterocycles. The Morgan fingerprint density at radius 3 is 1.47 bits per heavy atom. The van der Waals surface area contributed by atoms with E-state index >= 15 is 0 Å². The minimum Gasteiger partial charge on any atom is -0.547 e. The van der Waals surface area contributed by atoms with E-state index in [2.05, 4.69) is 0 Å². The van der Waals surface area contributed by atoms with Crippen LogP contribution in [0, 0.1) is 0 Å². The van der Waals surface area contributed by atoms with Gasteiger partial charge in [0.1, 0.15) is 5.60 Å². The smallest absolute Gasteiger partial charge is 0.547 e. The van der Waals surface area contributed by atoms with Crippen molar-refractivity contribution >= 4 is 5.97 Å². The second kappa shape index (κ2) is 8.30. The molecular formula is C10H22AgNO3. The van der Waals surface area contributed by atoms with Crippen molar-refractivity contribution in [3.63, 3.8) is 0 Å². The van der Waals surface area contributed by atoms with Crippen LogP contribution < -0.4 is 10.8 Å². The molecule has 0 heterocycles. The number of nitrogens with two attached hydrogens (primary N) is 1. The van der Waals surface area contributed by atoms with Crippen molar-refractivity contribution in [3.05, 3.63) is 0 Å². The van der Waals surface area contributed by atoms with Crippen LogP contribution in [0.5, 0.6) is 0 Å². The number of rotatable bonds is 3. The Morgan fingerprint density at radius 1 is 1.27 bits per heavy atom. The topological polar surface area (TPSA) is 86.4 Å². The minimum absolute atomic E-state index is 0. The molecule has 0 bridgehead atoms. The molecule has 0 aliphatic carbocycles. The number of hydrogen-bond acceptors (Lipinski definition) is 4. The third-order valence-corrected chi connectivity index (χ3v) is 1.55. The van der Waals surface area contributed by atoms with Gasteiger partial charge in [0, 0.05) is 5.54 Å². The number of hydrogen-bond donors (Lipinski definition) is 2. The first-order valence-electron chi connectivity index (χ1n) is 4.79. The van der Waals surface area contributed by atoms with Crippen molar-refractivity contribution in [2.45, 2.75) is 58.6 Å². The van der Waals surface area contributed by atoms with Gasteiger partial charge in [-0.25, -0.2) is 0 Å². The molecule has 0 saturated heterocycles. The molecule has 0 unspecified atom stereocenters. The van der Waals surface area contributed by atoms with Gasteiger partial charge < -0.3 is 20.7 Å². The first-order chi connectivity index (χ1) is 6.06. The predicted octanol–water partition coefficient (Wildman–Crippen LogP) is 0.0285. The van der Waals surface area contributed by atoms with Gasteiger partial charge in [0.05, 0.1) is 5.97 Å². The quantitative estimate of drug-likeness (QED) is 0.720. The molecule has 5 heteroatoms. The second-order valence-corrected chi connectivity index (χ2v) is 4.39. The maximum atomic E-state index is 10.1. The van der Waals surface area contributed by atoms with Crippen molar-refractivity contribution in [1.82, 2.24) is 0 Å². The molecule has 0 atom stereocenters. The van der Waals surface area contributed by atoms with Gasteiger partial charge in [-0.3, -0.25) is 0 Å². The van der Waals surface area contributed by atoms with Crippen LogP contribution in [0.3, 0.4) is 0 Å². The van der Waals surface area contributed by atoms with Gasteiger partial charge in [-0.05, 0) is 33.6 Å². The Balaban J connectivity index is -0.000000208. The standard InChI is InChI=1S/C6H12O3.C4H11N.Ag/c1-3-6(9,4-2)5(7)8;1-4(2,3)5;/h9H,3-4H2,1-2H3,(H,7,8);5H2,1-3H3;/q;;+1/p-1. The Labute approximate surface area is 108 Å². The average molecular weight is 312 g/mol. The molecule has 0 aromatic rings. The van der Waals surface area contributed by atoms with Crippen LogP contribution in [-0.4, -0.2) is 22.2 Å². The zero-order chi connectivity index (χ0) is 12.0. The third-order valence-electron chi connectivity index (χ3n) is 1.55. The van der Waals surface area contributed by atoms with E-state index in [0.717, 1.165) is 0 Å². The van der Waals surface area contributed by atoms with Crippen molar-refractivity contribution < 1.29 is 37.4 Å². The molecule has 0 aromatic carbocycles. The fraction of sp³-hybridized carbons (Fsp3) is 0.900. The van der Waals surface area contributed by atoms with E-state index in [1.807, 2.05) is 20.8 Å². The molecule has 3 N–H and O–H groups in total. The van der Waals surface area contributed by atoms with Gasteiger partial charge in [0.25, 0.3) is 0 Å². The van der Waals surface area contributed by atoms with Crippen molar-refractivity contribution in [3.8, 4) is 0 Å². The van der Waals surface area contributed by atoms with Crippen LogP contribution in [0.15, 0.2) is 0 Å². The fourth-order valence-corrected chi connectivity index (χ4v) is 0.539. The molecule has 0 aliphatic rings. The minimum atomic E-state index is -1.61. The third kappa shape index (κ3) is 14.1. The van der Waals surface area contributed by atoms with E-state index in [0.29, 0.717) is 0 Å². The van der Waals surface area contributed by atoms with E-state index in [1.165, 1.54) is 0 Å². The van der Waals surface area contributed by atoms with Crippen LogP contribution in [0.25, 0.3) is 0 Å². The summed E-state index contributed by atoms with van der Waals surface area (Å²) in [5.41, 5.74) is 3.74. The Hall–Kier alpha value is 0.130. The molecule has 0 rings (SSSR count). The summed E-state index contributed by atoms with van der Waals surface area (Å²) in [6.07, 6.45) is 0.400. The normalized spacial score (nSPS) is 10.9. The number of aliphatic carboxylic acids is 1.